The van der Waals surface area contributed by atoms with Gasteiger partial charge in [-0.1, -0.05) is 6.07 Å². The van der Waals surface area contributed by atoms with E-state index in [0.717, 1.165) is 16.8 Å². The average Bonchev–Trinajstić information content (AvgIpc) is 2.37. The predicted molar refractivity (Wildman–Crippen MR) is 68.5 cm³/mol. The Kier molecular flexibility index (Phi) is 2.26. The summed E-state index contributed by atoms with van der Waals surface area (Å²) in [5.41, 5.74) is 1.77. The molecule has 3 rings (SSSR count). The van der Waals surface area contributed by atoms with E-state index in [0.29, 0.717) is 18.3 Å². The number of aromatic nitrogens is 1. The normalized spacial score (nSPS) is 17.6. The van der Waals surface area contributed by atoms with Crippen molar-refractivity contribution in [3.63, 3.8) is 0 Å². The highest BCUT2D eigenvalue weighted by Gasteiger charge is 2.22. The lowest BCUT2D eigenvalue weighted by molar-refractivity contribution is 0.112. The van der Waals surface area contributed by atoms with Crippen molar-refractivity contribution in [1.82, 2.24) is 4.57 Å². The zero-order valence-corrected chi connectivity index (χ0v) is 10.3. The summed E-state index contributed by atoms with van der Waals surface area (Å²) in [4.78, 5) is 23.1. The fourth-order valence-corrected chi connectivity index (χ4v) is 2.44. The SMILES string of the molecule is Cc1ccc2c(=O)c(C=O)cn3c2c1OCC3C. The summed E-state index contributed by atoms with van der Waals surface area (Å²) in [6.07, 6.45) is 2.25. The zero-order valence-electron chi connectivity index (χ0n) is 10.3. The summed E-state index contributed by atoms with van der Waals surface area (Å²) in [7, 11) is 0. The molecule has 1 aliphatic rings. The number of aryl methyl sites for hydroxylation is 1. The second-order valence-electron chi connectivity index (χ2n) is 4.71. The van der Waals surface area contributed by atoms with Crippen LogP contribution in [0.1, 0.15) is 28.9 Å². The fraction of sp³-hybridized carbons (Fsp3) is 0.286. The Morgan fingerprint density at radius 1 is 1.44 bits per heavy atom. The topological polar surface area (TPSA) is 48.3 Å². The fourth-order valence-electron chi connectivity index (χ4n) is 2.44. The van der Waals surface area contributed by atoms with Crippen molar-refractivity contribution in [3.8, 4) is 5.75 Å². The van der Waals surface area contributed by atoms with Crippen molar-refractivity contribution in [2.45, 2.75) is 19.9 Å². The van der Waals surface area contributed by atoms with Gasteiger partial charge in [-0.15, -0.1) is 0 Å². The van der Waals surface area contributed by atoms with Crippen LogP contribution in [0.2, 0.25) is 0 Å². The van der Waals surface area contributed by atoms with Gasteiger partial charge in [-0.2, -0.15) is 0 Å². The van der Waals surface area contributed by atoms with Crippen LogP contribution in [0.3, 0.4) is 0 Å². The first-order valence-corrected chi connectivity index (χ1v) is 5.90. The molecule has 1 aromatic carbocycles. The minimum atomic E-state index is -0.227. The molecular formula is C14H13NO3. The molecule has 1 aromatic heterocycles. The number of benzene rings is 1. The molecule has 4 nitrogen and oxygen atoms in total. The van der Waals surface area contributed by atoms with E-state index in [2.05, 4.69) is 0 Å². The second kappa shape index (κ2) is 3.70. The first kappa shape index (κ1) is 11.0. The van der Waals surface area contributed by atoms with Crippen LogP contribution < -0.4 is 10.2 Å². The lowest BCUT2D eigenvalue weighted by atomic mass is 10.1. The molecule has 2 aromatic rings. The molecule has 1 aliphatic heterocycles. The number of carbonyl (C=O) groups is 1. The first-order valence-electron chi connectivity index (χ1n) is 5.90. The van der Waals surface area contributed by atoms with Crippen molar-refractivity contribution in [2.75, 3.05) is 6.61 Å². The Bertz CT molecular complexity index is 715. The zero-order chi connectivity index (χ0) is 12.9. The van der Waals surface area contributed by atoms with Crippen molar-refractivity contribution in [3.05, 3.63) is 39.7 Å². The van der Waals surface area contributed by atoms with Crippen molar-refractivity contribution < 1.29 is 9.53 Å². The Hall–Kier alpha value is -2.10. The average molecular weight is 243 g/mol. The van der Waals surface area contributed by atoms with Crippen LogP contribution in [0.15, 0.2) is 23.1 Å². The van der Waals surface area contributed by atoms with Gasteiger partial charge in [-0.25, -0.2) is 0 Å². The lowest BCUT2D eigenvalue weighted by Crippen LogP contribution is -2.25. The van der Waals surface area contributed by atoms with Gasteiger partial charge in [0, 0.05) is 6.20 Å². The van der Waals surface area contributed by atoms with Crippen LogP contribution in [0.4, 0.5) is 0 Å². The van der Waals surface area contributed by atoms with Crippen molar-refractivity contribution in [1.29, 1.82) is 0 Å². The van der Waals surface area contributed by atoms with Gasteiger partial charge in [0.25, 0.3) is 0 Å². The molecule has 0 bridgehead atoms. The van der Waals surface area contributed by atoms with E-state index in [1.165, 1.54) is 0 Å². The van der Waals surface area contributed by atoms with Crippen LogP contribution in [-0.2, 0) is 0 Å². The van der Waals surface area contributed by atoms with Gasteiger partial charge >= 0.3 is 0 Å². The number of carbonyl (C=O) groups excluding carboxylic acids is 1. The molecule has 92 valence electrons. The number of aldehydes is 1. The monoisotopic (exact) mass is 243 g/mol. The van der Waals surface area contributed by atoms with Crippen LogP contribution in [0, 0.1) is 6.92 Å². The first-order chi connectivity index (χ1) is 8.63. The van der Waals surface area contributed by atoms with Crippen LogP contribution in [0.25, 0.3) is 10.9 Å². The van der Waals surface area contributed by atoms with E-state index in [4.69, 9.17) is 4.74 Å². The summed E-state index contributed by atoms with van der Waals surface area (Å²) in [5.74, 6) is 0.750. The van der Waals surface area contributed by atoms with Gasteiger partial charge in [0.1, 0.15) is 12.4 Å². The number of hydrogen-bond donors (Lipinski definition) is 0. The molecule has 0 radical (unpaired) electrons. The van der Waals surface area contributed by atoms with Crippen molar-refractivity contribution >= 4 is 17.2 Å². The van der Waals surface area contributed by atoms with Crippen LogP contribution in [0.5, 0.6) is 5.75 Å². The Labute approximate surface area is 104 Å². The number of hydrogen-bond acceptors (Lipinski definition) is 3. The second-order valence-corrected chi connectivity index (χ2v) is 4.71. The third-order valence-electron chi connectivity index (χ3n) is 3.44. The van der Waals surface area contributed by atoms with Gasteiger partial charge in [-0.3, -0.25) is 9.59 Å². The van der Waals surface area contributed by atoms with E-state index in [-0.39, 0.29) is 17.0 Å². The van der Waals surface area contributed by atoms with Crippen LogP contribution in [-0.4, -0.2) is 17.5 Å². The van der Waals surface area contributed by atoms with Gasteiger partial charge < -0.3 is 9.30 Å². The van der Waals surface area contributed by atoms with Crippen molar-refractivity contribution in [2.24, 2.45) is 0 Å². The highest BCUT2D eigenvalue weighted by molar-refractivity contribution is 5.91. The van der Waals surface area contributed by atoms with E-state index in [1.807, 2.05) is 24.5 Å². The van der Waals surface area contributed by atoms with E-state index in [9.17, 15) is 9.59 Å². The Morgan fingerprint density at radius 2 is 2.22 bits per heavy atom. The minimum Gasteiger partial charge on any atom is -0.489 e. The summed E-state index contributed by atoms with van der Waals surface area (Å²) in [5, 5.41) is 0.548. The highest BCUT2D eigenvalue weighted by atomic mass is 16.5. The van der Waals surface area contributed by atoms with E-state index >= 15 is 0 Å². The largest absolute Gasteiger partial charge is 0.489 e. The van der Waals surface area contributed by atoms with Gasteiger partial charge in [0.2, 0.25) is 0 Å². The summed E-state index contributed by atoms with van der Waals surface area (Å²) >= 11 is 0. The maximum absolute atomic E-state index is 12.1. The molecule has 0 fully saturated rings. The summed E-state index contributed by atoms with van der Waals surface area (Å²) in [6, 6.07) is 3.73. The summed E-state index contributed by atoms with van der Waals surface area (Å²) in [6.45, 7) is 4.51. The molecule has 2 heterocycles. The predicted octanol–water partition coefficient (Wildman–Crippen LogP) is 2.08. The smallest absolute Gasteiger partial charge is 0.200 e. The molecule has 1 unspecified atom stereocenters. The lowest BCUT2D eigenvalue weighted by Gasteiger charge is -2.27. The molecule has 0 amide bonds. The standard InChI is InChI=1S/C14H13NO3/c1-8-3-4-11-12-14(8)18-7-9(2)15(12)5-10(6-16)13(11)17/h3-6,9H,7H2,1-2H3. The third kappa shape index (κ3) is 1.32. The number of ether oxygens (including phenoxy) is 1. The molecule has 0 spiro atoms. The van der Waals surface area contributed by atoms with E-state index in [1.54, 1.807) is 12.3 Å². The van der Waals surface area contributed by atoms with Gasteiger partial charge in [-0.05, 0) is 25.5 Å². The summed E-state index contributed by atoms with van der Waals surface area (Å²) < 4.78 is 7.68. The molecule has 0 saturated heterocycles. The minimum absolute atomic E-state index is 0.112. The Balaban J connectivity index is 2.56. The Morgan fingerprint density at radius 3 is 2.94 bits per heavy atom. The van der Waals surface area contributed by atoms with Gasteiger partial charge in [0.05, 0.1) is 22.5 Å². The highest BCUT2D eigenvalue weighted by Crippen LogP contribution is 2.33. The number of pyridine rings is 1. The number of nitrogens with zero attached hydrogens (tertiary/aromatic N) is 1. The quantitative estimate of drug-likeness (QED) is 0.720. The third-order valence-corrected chi connectivity index (χ3v) is 3.44. The maximum Gasteiger partial charge on any atom is 0.200 e. The van der Waals surface area contributed by atoms with E-state index < -0.39 is 0 Å². The molecule has 0 aliphatic carbocycles. The number of rotatable bonds is 1. The van der Waals surface area contributed by atoms with Gasteiger partial charge in [0.15, 0.2) is 11.7 Å². The maximum atomic E-state index is 12.1. The molecule has 0 N–H and O–H groups in total. The molecular weight excluding hydrogens is 230 g/mol. The van der Waals surface area contributed by atoms with Crippen LogP contribution >= 0.6 is 0 Å². The molecule has 4 heteroatoms. The molecule has 1 atom stereocenters. The molecule has 18 heavy (non-hydrogen) atoms. The molecule has 0 saturated carbocycles.